The number of hydrogen-bond donors (Lipinski definition) is 1. The van der Waals surface area contributed by atoms with Crippen molar-refractivity contribution in [3.8, 4) is 11.4 Å². The van der Waals surface area contributed by atoms with Crippen molar-refractivity contribution in [1.82, 2.24) is 20.1 Å². The first-order valence-corrected chi connectivity index (χ1v) is 7.64. The maximum Gasteiger partial charge on any atom is 0.255 e. The van der Waals surface area contributed by atoms with Crippen molar-refractivity contribution >= 4 is 5.91 Å². The standard InChI is InChI=1S/C17H16N4O2/c22-17(21-9-3-7-14(21)15-8-4-10-23-15)13-6-2-1-5-12(13)16-18-11-19-20-16/h1-2,4-6,8,10-11,14H,3,7,9H2,(H,18,19,20). The van der Waals surface area contributed by atoms with E-state index in [0.29, 0.717) is 11.4 Å². The minimum Gasteiger partial charge on any atom is -0.467 e. The molecular weight excluding hydrogens is 292 g/mol. The van der Waals surface area contributed by atoms with E-state index in [1.807, 2.05) is 41.3 Å². The molecule has 1 aliphatic rings. The van der Waals surface area contributed by atoms with E-state index >= 15 is 0 Å². The quantitative estimate of drug-likeness (QED) is 0.807. The van der Waals surface area contributed by atoms with E-state index < -0.39 is 0 Å². The van der Waals surface area contributed by atoms with Crippen LogP contribution < -0.4 is 0 Å². The van der Waals surface area contributed by atoms with Gasteiger partial charge in [-0.05, 0) is 31.0 Å². The summed E-state index contributed by atoms with van der Waals surface area (Å²) in [6, 6.07) is 11.3. The number of amides is 1. The fourth-order valence-corrected chi connectivity index (χ4v) is 3.15. The van der Waals surface area contributed by atoms with Crippen LogP contribution in [0.5, 0.6) is 0 Å². The van der Waals surface area contributed by atoms with Gasteiger partial charge in [0.1, 0.15) is 12.1 Å². The summed E-state index contributed by atoms with van der Waals surface area (Å²) < 4.78 is 5.51. The van der Waals surface area contributed by atoms with Crippen molar-refractivity contribution in [2.45, 2.75) is 18.9 Å². The fourth-order valence-electron chi connectivity index (χ4n) is 3.15. The van der Waals surface area contributed by atoms with Crippen LogP contribution in [0.1, 0.15) is 35.0 Å². The summed E-state index contributed by atoms with van der Waals surface area (Å²) in [6.07, 6.45) is 4.99. The molecule has 6 heteroatoms. The first-order chi connectivity index (χ1) is 11.3. The summed E-state index contributed by atoms with van der Waals surface area (Å²) in [5.41, 5.74) is 1.39. The number of likely N-dealkylation sites (tertiary alicyclic amines) is 1. The second-order valence-corrected chi connectivity index (χ2v) is 5.55. The van der Waals surface area contributed by atoms with Gasteiger partial charge in [-0.1, -0.05) is 18.2 Å². The Morgan fingerprint density at radius 2 is 2.17 bits per heavy atom. The molecule has 23 heavy (non-hydrogen) atoms. The van der Waals surface area contributed by atoms with Crippen LogP contribution in [0.25, 0.3) is 11.4 Å². The lowest BCUT2D eigenvalue weighted by Crippen LogP contribution is -2.30. The van der Waals surface area contributed by atoms with Gasteiger partial charge in [-0.2, -0.15) is 5.10 Å². The second kappa shape index (κ2) is 5.72. The first-order valence-electron chi connectivity index (χ1n) is 7.64. The Hall–Kier alpha value is -2.89. The van der Waals surface area contributed by atoms with Gasteiger partial charge in [0.25, 0.3) is 5.91 Å². The molecule has 0 aliphatic carbocycles. The van der Waals surface area contributed by atoms with E-state index in [-0.39, 0.29) is 11.9 Å². The summed E-state index contributed by atoms with van der Waals surface area (Å²) in [7, 11) is 0. The molecule has 2 aromatic heterocycles. The minimum absolute atomic E-state index is 0.000261. The Balaban J connectivity index is 1.70. The number of aromatic amines is 1. The van der Waals surface area contributed by atoms with E-state index in [4.69, 9.17) is 4.42 Å². The molecule has 1 fully saturated rings. The highest BCUT2D eigenvalue weighted by Gasteiger charge is 2.33. The summed E-state index contributed by atoms with van der Waals surface area (Å²) in [4.78, 5) is 19.1. The monoisotopic (exact) mass is 308 g/mol. The van der Waals surface area contributed by atoms with E-state index in [1.165, 1.54) is 6.33 Å². The normalized spacial score (nSPS) is 17.6. The van der Waals surface area contributed by atoms with Gasteiger partial charge in [0.2, 0.25) is 0 Å². The van der Waals surface area contributed by atoms with Gasteiger partial charge in [-0.3, -0.25) is 9.89 Å². The zero-order valence-corrected chi connectivity index (χ0v) is 12.5. The van der Waals surface area contributed by atoms with E-state index in [9.17, 15) is 4.79 Å². The predicted molar refractivity (Wildman–Crippen MR) is 83.5 cm³/mol. The highest BCUT2D eigenvalue weighted by molar-refractivity contribution is 6.00. The Morgan fingerprint density at radius 3 is 2.96 bits per heavy atom. The van der Waals surface area contributed by atoms with Crippen molar-refractivity contribution in [3.05, 3.63) is 60.3 Å². The molecule has 116 valence electrons. The van der Waals surface area contributed by atoms with Crippen LogP contribution in [0.4, 0.5) is 0 Å². The molecule has 1 unspecified atom stereocenters. The van der Waals surface area contributed by atoms with Crippen molar-refractivity contribution in [2.75, 3.05) is 6.54 Å². The molecule has 1 N–H and O–H groups in total. The molecule has 3 aromatic rings. The molecule has 0 saturated carbocycles. The Morgan fingerprint density at radius 1 is 1.26 bits per heavy atom. The summed E-state index contributed by atoms with van der Waals surface area (Å²) in [5.74, 6) is 1.44. The largest absolute Gasteiger partial charge is 0.467 e. The number of benzene rings is 1. The Kier molecular flexibility index (Phi) is 3.42. The number of nitrogens with one attached hydrogen (secondary N) is 1. The molecule has 4 rings (SSSR count). The van der Waals surface area contributed by atoms with Crippen molar-refractivity contribution < 1.29 is 9.21 Å². The molecule has 1 aliphatic heterocycles. The number of carbonyl (C=O) groups excluding carboxylic acids is 1. The van der Waals surface area contributed by atoms with Crippen LogP contribution in [-0.2, 0) is 0 Å². The maximum atomic E-state index is 13.1. The third-order valence-corrected chi connectivity index (χ3v) is 4.21. The summed E-state index contributed by atoms with van der Waals surface area (Å²) in [5, 5.41) is 6.70. The number of aromatic nitrogens is 3. The van der Waals surface area contributed by atoms with E-state index in [0.717, 1.165) is 30.7 Å². The van der Waals surface area contributed by atoms with E-state index in [1.54, 1.807) is 6.26 Å². The third-order valence-electron chi connectivity index (χ3n) is 4.21. The zero-order valence-electron chi connectivity index (χ0n) is 12.5. The lowest BCUT2D eigenvalue weighted by molar-refractivity contribution is 0.0720. The number of nitrogens with zero attached hydrogens (tertiary/aromatic N) is 3. The summed E-state index contributed by atoms with van der Waals surface area (Å²) in [6.45, 7) is 0.731. The minimum atomic E-state index is -0.00380. The average Bonchev–Trinajstić information content (AvgIpc) is 3.35. The van der Waals surface area contributed by atoms with Gasteiger partial charge in [0.05, 0.1) is 17.9 Å². The molecule has 0 radical (unpaired) electrons. The van der Waals surface area contributed by atoms with Gasteiger partial charge in [-0.15, -0.1) is 0 Å². The Labute approximate surface area is 133 Å². The maximum absolute atomic E-state index is 13.1. The SMILES string of the molecule is O=C(c1ccccc1-c1ncn[nH]1)N1CCCC1c1ccco1. The number of H-pyrrole nitrogens is 1. The van der Waals surface area contributed by atoms with Crippen LogP contribution in [0.2, 0.25) is 0 Å². The van der Waals surface area contributed by atoms with Gasteiger partial charge < -0.3 is 9.32 Å². The van der Waals surface area contributed by atoms with Crippen molar-refractivity contribution in [3.63, 3.8) is 0 Å². The van der Waals surface area contributed by atoms with Gasteiger partial charge in [0.15, 0.2) is 5.82 Å². The smallest absolute Gasteiger partial charge is 0.255 e. The molecule has 1 aromatic carbocycles. The van der Waals surface area contributed by atoms with Gasteiger partial charge >= 0.3 is 0 Å². The first kappa shape index (κ1) is 13.8. The number of hydrogen-bond acceptors (Lipinski definition) is 4. The van der Waals surface area contributed by atoms with Gasteiger partial charge in [-0.25, -0.2) is 4.98 Å². The van der Waals surface area contributed by atoms with Crippen LogP contribution in [0.15, 0.2) is 53.4 Å². The van der Waals surface area contributed by atoms with Crippen LogP contribution in [0.3, 0.4) is 0 Å². The topological polar surface area (TPSA) is 75.0 Å². The lowest BCUT2D eigenvalue weighted by atomic mass is 10.0. The summed E-state index contributed by atoms with van der Waals surface area (Å²) >= 11 is 0. The molecule has 0 bridgehead atoms. The fraction of sp³-hybridized carbons (Fsp3) is 0.235. The zero-order chi connectivity index (χ0) is 15.6. The molecule has 6 nitrogen and oxygen atoms in total. The van der Waals surface area contributed by atoms with Crippen LogP contribution in [0, 0.1) is 0 Å². The number of carbonyl (C=O) groups is 1. The van der Waals surface area contributed by atoms with Crippen molar-refractivity contribution in [2.24, 2.45) is 0 Å². The highest BCUT2D eigenvalue weighted by Crippen LogP contribution is 2.34. The van der Waals surface area contributed by atoms with E-state index in [2.05, 4.69) is 15.2 Å². The predicted octanol–water partition coefficient (Wildman–Crippen LogP) is 3.04. The highest BCUT2D eigenvalue weighted by atomic mass is 16.3. The average molecular weight is 308 g/mol. The number of rotatable bonds is 3. The number of furan rings is 1. The second-order valence-electron chi connectivity index (χ2n) is 5.55. The third kappa shape index (κ3) is 2.42. The van der Waals surface area contributed by atoms with Crippen LogP contribution >= 0.6 is 0 Å². The Bertz CT molecular complexity index is 796. The van der Waals surface area contributed by atoms with Gasteiger partial charge in [0, 0.05) is 12.1 Å². The molecule has 3 heterocycles. The molecule has 1 amide bonds. The van der Waals surface area contributed by atoms with Crippen LogP contribution in [-0.4, -0.2) is 32.5 Å². The van der Waals surface area contributed by atoms with Crippen molar-refractivity contribution in [1.29, 1.82) is 0 Å². The molecule has 1 atom stereocenters. The lowest BCUT2D eigenvalue weighted by Gasteiger charge is -2.24. The molecule has 0 spiro atoms. The molecular formula is C17H16N4O2. The molecule has 1 saturated heterocycles.